The smallest absolute Gasteiger partial charge is 0.103 e. The highest BCUT2D eigenvalue weighted by atomic mass is 35.5. The van der Waals surface area contributed by atoms with E-state index < -0.39 is 5.60 Å². The molecule has 1 aromatic heterocycles. The summed E-state index contributed by atoms with van der Waals surface area (Å²) in [5.74, 6) is 0.897. The highest BCUT2D eigenvalue weighted by molar-refractivity contribution is 7.10. The number of rotatable bonds is 1. The van der Waals surface area contributed by atoms with Crippen LogP contribution in [0.1, 0.15) is 38.0 Å². The molecule has 1 saturated carbocycles. The van der Waals surface area contributed by atoms with Crippen molar-refractivity contribution < 1.29 is 5.11 Å². The molecule has 1 heterocycles. The summed E-state index contributed by atoms with van der Waals surface area (Å²) in [5.41, 5.74) is -0.692. The molecule has 1 aliphatic carbocycles. The molecular formula is C12H17ClOS. The van der Waals surface area contributed by atoms with Gasteiger partial charge in [0.1, 0.15) is 5.60 Å². The Hall–Kier alpha value is -0.0500. The van der Waals surface area contributed by atoms with E-state index in [0.29, 0.717) is 11.8 Å². The second kappa shape index (κ2) is 4.08. The van der Waals surface area contributed by atoms with Crippen molar-refractivity contribution in [3.8, 4) is 0 Å². The molecule has 1 fully saturated rings. The van der Waals surface area contributed by atoms with Crippen LogP contribution >= 0.6 is 22.9 Å². The van der Waals surface area contributed by atoms with Crippen LogP contribution in [0, 0.1) is 11.8 Å². The largest absolute Gasteiger partial charge is 0.384 e. The minimum absolute atomic E-state index is 0.310. The normalized spacial score (nSPS) is 36.8. The first-order valence-corrected chi connectivity index (χ1v) is 6.75. The first-order valence-electron chi connectivity index (χ1n) is 5.50. The standard InChI is InChI=1S/C12H17ClOS/c1-8-3-4-9(2)12(14,7-8)11-10(13)5-6-15-11/h5-6,8-9,14H,3-4,7H2,1-2H3. The fourth-order valence-electron chi connectivity index (χ4n) is 2.53. The lowest BCUT2D eigenvalue weighted by Gasteiger charge is -2.40. The maximum absolute atomic E-state index is 10.8. The summed E-state index contributed by atoms with van der Waals surface area (Å²) >= 11 is 7.70. The van der Waals surface area contributed by atoms with E-state index in [9.17, 15) is 5.11 Å². The summed E-state index contributed by atoms with van der Waals surface area (Å²) in [6.45, 7) is 4.33. The molecule has 0 aromatic carbocycles. The number of aliphatic hydroxyl groups is 1. The van der Waals surface area contributed by atoms with Gasteiger partial charge in [0.05, 0.1) is 9.90 Å². The molecule has 3 heteroatoms. The molecule has 0 spiro atoms. The minimum Gasteiger partial charge on any atom is -0.384 e. The topological polar surface area (TPSA) is 20.2 Å². The van der Waals surface area contributed by atoms with Crippen molar-refractivity contribution in [2.75, 3.05) is 0 Å². The number of hydrogen-bond donors (Lipinski definition) is 1. The molecule has 2 rings (SSSR count). The van der Waals surface area contributed by atoms with Gasteiger partial charge >= 0.3 is 0 Å². The van der Waals surface area contributed by atoms with Crippen molar-refractivity contribution in [3.05, 3.63) is 21.3 Å². The van der Waals surface area contributed by atoms with Crippen LogP contribution in [0.5, 0.6) is 0 Å². The van der Waals surface area contributed by atoms with Gasteiger partial charge in [0.15, 0.2) is 0 Å². The number of thiophene rings is 1. The third-order valence-electron chi connectivity index (χ3n) is 3.58. The Labute approximate surface area is 100 Å². The number of hydrogen-bond acceptors (Lipinski definition) is 2. The van der Waals surface area contributed by atoms with Crippen molar-refractivity contribution in [2.45, 2.75) is 38.7 Å². The van der Waals surface area contributed by atoms with E-state index in [4.69, 9.17) is 11.6 Å². The quantitative estimate of drug-likeness (QED) is 0.791. The van der Waals surface area contributed by atoms with Gasteiger partial charge in [0.25, 0.3) is 0 Å². The van der Waals surface area contributed by atoms with E-state index in [2.05, 4.69) is 13.8 Å². The van der Waals surface area contributed by atoms with E-state index in [-0.39, 0.29) is 0 Å². The fourth-order valence-corrected chi connectivity index (χ4v) is 3.97. The van der Waals surface area contributed by atoms with E-state index in [0.717, 1.165) is 22.7 Å². The van der Waals surface area contributed by atoms with Crippen LogP contribution in [-0.2, 0) is 5.60 Å². The average molecular weight is 245 g/mol. The van der Waals surface area contributed by atoms with Gasteiger partial charge in [-0.25, -0.2) is 0 Å². The highest BCUT2D eigenvalue weighted by Crippen LogP contribution is 2.47. The van der Waals surface area contributed by atoms with Crippen molar-refractivity contribution in [2.24, 2.45) is 11.8 Å². The van der Waals surface area contributed by atoms with Crippen LogP contribution in [0.4, 0.5) is 0 Å². The SMILES string of the molecule is CC1CCC(C)C(O)(c2sccc2Cl)C1. The van der Waals surface area contributed by atoms with Crippen molar-refractivity contribution in [1.82, 2.24) is 0 Å². The molecular weight excluding hydrogens is 228 g/mol. The molecule has 1 aromatic rings. The predicted molar refractivity (Wildman–Crippen MR) is 65.4 cm³/mol. The Morgan fingerprint density at radius 2 is 2.20 bits per heavy atom. The van der Waals surface area contributed by atoms with Gasteiger partial charge in [0, 0.05) is 0 Å². The van der Waals surface area contributed by atoms with Gasteiger partial charge in [-0.3, -0.25) is 0 Å². The maximum atomic E-state index is 10.8. The molecule has 1 nitrogen and oxygen atoms in total. The highest BCUT2D eigenvalue weighted by Gasteiger charge is 2.42. The van der Waals surface area contributed by atoms with Gasteiger partial charge < -0.3 is 5.11 Å². The zero-order valence-electron chi connectivity index (χ0n) is 9.16. The molecule has 1 aliphatic rings. The zero-order valence-corrected chi connectivity index (χ0v) is 10.7. The van der Waals surface area contributed by atoms with Crippen LogP contribution in [0.15, 0.2) is 11.4 Å². The van der Waals surface area contributed by atoms with Gasteiger partial charge in [-0.1, -0.05) is 31.9 Å². The Kier molecular flexibility index (Phi) is 3.11. The molecule has 0 saturated heterocycles. The van der Waals surface area contributed by atoms with Crippen molar-refractivity contribution >= 4 is 22.9 Å². The molecule has 1 N–H and O–H groups in total. The van der Waals surface area contributed by atoms with E-state index in [1.807, 2.05) is 11.4 Å². The third kappa shape index (κ3) is 1.95. The summed E-state index contributed by atoms with van der Waals surface area (Å²) in [6.07, 6.45) is 3.15. The summed E-state index contributed by atoms with van der Waals surface area (Å²) in [5, 5.41) is 13.5. The van der Waals surface area contributed by atoms with Crippen molar-refractivity contribution in [3.63, 3.8) is 0 Å². The van der Waals surface area contributed by atoms with Crippen LogP contribution in [0.2, 0.25) is 5.02 Å². The second-order valence-corrected chi connectivity index (χ2v) is 6.13. The van der Waals surface area contributed by atoms with Crippen LogP contribution < -0.4 is 0 Å². The van der Waals surface area contributed by atoms with E-state index >= 15 is 0 Å². The molecule has 3 unspecified atom stereocenters. The van der Waals surface area contributed by atoms with Gasteiger partial charge in [-0.15, -0.1) is 11.3 Å². The zero-order chi connectivity index (χ0) is 11.1. The first-order chi connectivity index (χ1) is 7.04. The summed E-state index contributed by atoms with van der Waals surface area (Å²) in [6, 6.07) is 1.88. The molecule has 0 amide bonds. The van der Waals surface area contributed by atoms with E-state index in [1.165, 1.54) is 6.42 Å². The van der Waals surface area contributed by atoms with Crippen LogP contribution in [0.3, 0.4) is 0 Å². The van der Waals surface area contributed by atoms with Gasteiger partial charge in [0.2, 0.25) is 0 Å². The minimum atomic E-state index is -0.692. The average Bonchev–Trinajstić information content (AvgIpc) is 2.59. The molecule has 0 aliphatic heterocycles. The lowest BCUT2D eigenvalue weighted by Crippen LogP contribution is -2.38. The molecule has 0 radical (unpaired) electrons. The van der Waals surface area contributed by atoms with Crippen molar-refractivity contribution in [1.29, 1.82) is 0 Å². The Morgan fingerprint density at radius 1 is 1.47 bits per heavy atom. The fraction of sp³-hybridized carbons (Fsp3) is 0.667. The molecule has 3 atom stereocenters. The Balaban J connectivity index is 2.35. The molecule has 0 bridgehead atoms. The summed E-state index contributed by atoms with van der Waals surface area (Å²) in [7, 11) is 0. The second-order valence-electron chi connectivity index (χ2n) is 4.81. The van der Waals surface area contributed by atoms with Gasteiger partial charge in [-0.2, -0.15) is 0 Å². The molecule has 15 heavy (non-hydrogen) atoms. The van der Waals surface area contributed by atoms with Crippen LogP contribution in [0.25, 0.3) is 0 Å². The summed E-state index contributed by atoms with van der Waals surface area (Å²) < 4.78 is 0. The lowest BCUT2D eigenvalue weighted by atomic mass is 9.71. The lowest BCUT2D eigenvalue weighted by molar-refractivity contribution is -0.0596. The molecule has 84 valence electrons. The summed E-state index contributed by atoms with van der Waals surface area (Å²) in [4.78, 5) is 0.961. The first kappa shape index (κ1) is 11.4. The monoisotopic (exact) mass is 244 g/mol. The Morgan fingerprint density at radius 3 is 2.80 bits per heavy atom. The van der Waals surface area contributed by atoms with Crippen LogP contribution in [-0.4, -0.2) is 5.11 Å². The van der Waals surface area contributed by atoms with Gasteiger partial charge in [-0.05, 0) is 36.1 Å². The maximum Gasteiger partial charge on any atom is 0.103 e. The third-order valence-corrected chi connectivity index (χ3v) is 5.09. The van der Waals surface area contributed by atoms with E-state index in [1.54, 1.807) is 11.3 Å². The Bertz CT molecular complexity index is 349. The predicted octanol–water partition coefficient (Wildman–Crippen LogP) is 4.05. The number of halogens is 1.